The topological polar surface area (TPSA) is 135 Å². The Kier molecular flexibility index (Phi) is 11.0. The number of hydrogen-bond acceptors (Lipinski definition) is 11. The molecule has 3 aromatic rings. The van der Waals surface area contributed by atoms with E-state index in [2.05, 4.69) is 27.4 Å². The van der Waals surface area contributed by atoms with Crippen molar-refractivity contribution in [1.29, 1.82) is 0 Å². The van der Waals surface area contributed by atoms with Gasteiger partial charge in [0.1, 0.15) is 23.1 Å². The first kappa shape index (κ1) is 36.0. The normalized spacial score (nSPS) is 17.2. The summed E-state index contributed by atoms with van der Waals surface area (Å²) in [7, 11) is -4.61. The third-order valence-corrected chi connectivity index (χ3v) is 10.3. The molecule has 1 amide bonds. The standard InChI is InChI=1S/C31H31F5N4O7S2/c1-18(41)39-49(43,44)28-13-26(46-17-32)25(12-23(28)33)37-9-3-6-27-22(14-31(34,35)36)21-4-2-5-24(29(21)48-27)38-19-7-10-40(11-8-19)15-20-16-45-30(42)47-20/h2,4-5,12-13,19-20,37-38H,7-11,14-17H2,1H3,(H,39,41). The summed E-state index contributed by atoms with van der Waals surface area (Å²) in [6.45, 7) is 1.49. The van der Waals surface area contributed by atoms with Gasteiger partial charge in [0, 0.05) is 44.7 Å². The van der Waals surface area contributed by atoms with Gasteiger partial charge in [0.05, 0.1) is 33.9 Å². The van der Waals surface area contributed by atoms with E-state index in [9.17, 15) is 40.0 Å². The van der Waals surface area contributed by atoms with Gasteiger partial charge in [-0.3, -0.25) is 9.69 Å². The van der Waals surface area contributed by atoms with Crippen LogP contribution in [0, 0.1) is 17.7 Å². The predicted molar refractivity (Wildman–Crippen MR) is 170 cm³/mol. The van der Waals surface area contributed by atoms with Crippen LogP contribution in [0.1, 0.15) is 30.2 Å². The summed E-state index contributed by atoms with van der Waals surface area (Å²) in [4.78, 5) is 23.8. The number of carbonyl (C=O) groups excluding carboxylic acids is 2. The number of cyclic esters (lactones) is 2. The molecule has 0 bridgehead atoms. The second-order valence-electron chi connectivity index (χ2n) is 11.3. The number of benzene rings is 2. The number of likely N-dealkylation sites (tertiary alicyclic amines) is 1. The van der Waals surface area contributed by atoms with E-state index >= 15 is 0 Å². The van der Waals surface area contributed by atoms with Crippen molar-refractivity contribution in [2.45, 2.75) is 49.4 Å². The lowest BCUT2D eigenvalue weighted by molar-refractivity contribution is -0.127. The Balaban J connectivity index is 1.32. The Morgan fingerprint density at radius 3 is 2.59 bits per heavy atom. The minimum atomic E-state index is -4.61. The third kappa shape index (κ3) is 9.22. The van der Waals surface area contributed by atoms with Gasteiger partial charge in [0.2, 0.25) is 12.8 Å². The Hall–Kier alpha value is -4.34. The van der Waals surface area contributed by atoms with E-state index < -0.39 is 58.0 Å². The van der Waals surface area contributed by atoms with Crippen molar-refractivity contribution >= 4 is 54.9 Å². The van der Waals surface area contributed by atoms with E-state index in [0.717, 1.165) is 50.3 Å². The first-order valence-electron chi connectivity index (χ1n) is 14.9. The first-order valence-corrected chi connectivity index (χ1v) is 17.2. The van der Waals surface area contributed by atoms with Gasteiger partial charge >= 0.3 is 12.3 Å². The molecule has 264 valence electrons. The van der Waals surface area contributed by atoms with Crippen molar-refractivity contribution in [3.8, 4) is 17.6 Å². The number of carbonyl (C=O) groups is 2. The van der Waals surface area contributed by atoms with E-state index in [1.807, 2.05) is 0 Å². The highest BCUT2D eigenvalue weighted by Gasteiger charge is 2.32. The molecule has 1 unspecified atom stereocenters. The van der Waals surface area contributed by atoms with Crippen molar-refractivity contribution in [3.05, 3.63) is 46.6 Å². The first-order chi connectivity index (χ1) is 23.2. The Morgan fingerprint density at radius 2 is 1.94 bits per heavy atom. The van der Waals surface area contributed by atoms with Gasteiger partial charge in [-0.15, -0.1) is 11.3 Å². The molecule has 0 saturated carbocycles. The van der Waals surface area contributed by atoms with Crippen molar-refractivity contribution in [1.82, 2.24) is 9.62 Å². The number of nitrogens with zero attached hydrogens (tertiary/aromatic N) is 1. The van der Waals surface area contributed by atoms with Crippen LogP contribution in [0.3, 0.4) is 0 Å². The van der Waals surface area contributed by atoms with E-state index in [1.165, 1.54) is 0 Å². The number of halogens is 5. The van der Waals surface area contributed by atoms with Gasteiger partial charge in [-0.2, -0.15) is 13.2 Å². The molecule has 0 radical (unpaired) electrons. The molecule has 0 aliphatic carbocycles. The van der Waals surface area contributed by atoms with Gasteiger partial charge in [-0.25, -0.2) is 26.7 Å². The number of piperidine rings is 1. The molecule has 0 spiro atoms. The number of anilines is 2. The van der Waals surface area contributed by atoms with E-state index in [0.29, 0.717) is 28.4 Å². The number of rotatable bonds is 11. The van der Waals surface area contributed by atoms with Crippen LogP contribution in [-0.2, 0) is 30.7 Å². The molecule has 2 aliphatic rings. The second kappa shape index (κ2) is 15.0. The van der Waals surface area contributed by atoms with Gasteiger partial charge < -0.3 is 24.8 Å². The van der Waals surface area contributed by atoms with Crippen LogP contribution in [0.4, 0.5) is 38.1 Å². The lowest BCUT2D eigenvalue weighted by atomic mass is 10.0. The molecule has 2 fully saturated rings. The van der Waals surface area contributed by atoms with Crippen LogP contribution in [0.15, 0.2) is 35.2 Å². The summed E-state index contributed by atoms with van der Waals surface area (Å²) in [6, 6.07) is 6.55. The molecule has 1 aromatic heterocycles. The Bertz CT molecular complexity index is 1880. The van der Waals surface area contributed by atoms with Crippen LogP contribution in [0.5, 0.6) is 5.75 Å². The monoisotopic (exact) mass is 730 g/mol. The number of thiophene rings is 1. The molecule has 1 atom stereocenters. The predicted octanol–water partition coefficient (Wildman–Crippen LogP) is 5.15. The number of fused-ring (bicyclic) bond motifs is 1. The van der Waals surface area contributed by atoms with Crippen LogP contribution < -0.4 is 20.1 Å². The van der Waals surface area contributed by atoms with Crippen molar-refractivity contribution in [2.24, 2.45) is 0 Å². The molecular formula is C31H31F5N4O7S2. The smallest absolute Gasteiger partial charge is 0.461 e. The molecule has 2 aliphatic heterocycles. The zero-order valence-electron chi connectivity index (χ0n) is 25.9. The number of ether oxygens (including phenoxy) is 3. The Labute approximate surface area is 282 Å². The summed E-state index contributed by atoms with van der Waals surface area (Å²) in [5.74, 6) is 2.83. The van der Waals surface area contributed by atoms with E-state index in [4.69, 9.17) is 14.2 Å². The number of hydrogen-bond donors (Lipinski definition) is 3. The quantitative estimate of drug-likeness (QED) is 0.138. The van der Waals surface area contributed by atoms with Gasteiger partial charge in [0.25, 0.3) is 10.0 Å². The van der Waals surface area contributed by atoms with E-state index in [-0.39, 0.29) is 41.4 Å². The molecule has 3 N–H and O–H groups in total. The fraction of sp³-hybridized carbons (Fsp3) is 0.419. The lowest BCUT2D eigenvalue weighted by Crippen LogP contribution is -2.43. The number of alkyl halides is 4. The average molecular weight is 731 g/mol. The summed E-state index contributed by atoms with van der Waals surface area (Å²) in [5.41, 5.74) is 0.506. The van der Waals surface area contributed by atoms with Gasteiger partial charge in [-0.05, 0) is 29.9 Å². The molecule has 18 heteroatoms. The molecule has 5 rings (SSSR count). The van der Waals surface area contributed by atoms with Crippen molar-refractivity contribution in [3.63, 3.8) is 0 Å². The molecule has 2 saturated heterocycles. The van der Waals surface area contributed by atoms with E-state index in [1.54, 1.807) is 22.9 Å². The molecule has 49 heavy (non-hydrogen) atoms. The highest BCUT2D eigenvalue weighted by atomic mass is 32.2. The Morgan fingerprint density at radius 1 is 1.18 bits per heavy atom. The average Bonchev–Trinajstić information content (AvgIpc) is 3.58. The van der Waals surface area contributed by atoms with Crippen LogP contribution in [-0.4, -0.2) is 83.3 Å². The summed E-state index contributed by atoms with van der Waals surface area (Å²) < 4.78 is 110. The highest BCUT2D eigenvalue weighted by molar-refractivity contribution is 7.90. The maximum atomic E-state index is 14.7. The molecule has 11 nitrogen and oxygen atoms in total. The largest absolute Gasteiger partial charge is 0.508 e. The zero-order chi connectivity index (χ0) is 35.3. The fourth-order valence-corrected chi connectivity index (χ4v) is 7.79. The fourth-order valence-electron chi connectivity index (χ4n) is 5.55. The number of nitrogens with one attached hydrogen (secondary N) is 3. The maximum Gasteiger partial charge on any atom is 0.508 e. The number of amides is 1. The van der Waals surface area contributed by atoms with Gasteiger partial charge in [-0.1, -0.05) is 24.0 Å². The summed E-state index contributed by atoms with van der Waals surface area (Å²) in [6.07, 6.45) is -5.21. The third-order valence-electron chi connectivity index (χ3n) is 7.64. The lowest BCUT2D eigenvalue weighted by Gasteiger charge is -2.33. The SMILES string of the molecule is CC(=O)NS(=O)(=O)c1cc(OCF)c(NCC#Cc2sc3c(NC4CCN(CC5COC(=O)O5)CC4)cccc3c2CC(F)(F)F)cc1F. The molecule has 2 aromatic carbocycles. The minimum absolute atomic E-state index is 0.00632. The zero-order valence-corrected chi connectivity index (χ0v) is 27.5. The number of sulfonamides is 1. The summed E-state index contributed by atoms with van der Waals surface area (Å²) in [5, 5.41) is 6.55. The minimum Gasteiger partial charge on any atom is -0.461 e. The van der Waals surface area contributed by atoms with Crippen molar-refractivity contribution in [2.75, 3.05) is 50.3 Å². The van der Waals surface area contributed by atoms with Crippen LogP contribution in [0.2, 0.25) is 0 Å². The van der Waals surface area contributed by atoms with Crippen molar-refractivity contribution < 1.29 is 54.2 Å². The van der Waals surface area contributed by atoms with Gasteiger partial charge in [0.15, 0.2) is 6.10 Å². The maximum absolute atomic E-state index is 14.7. The van der Waals surface area contributed by atoms with Crippen LogP contribution >= 0.6 is 11.3 Å². The second-order valence-corrected chi connectivity index (χ2v) is 13.9. The molecule has 3 heterocycles. The van der Waals surface area contributed by atoms with Crippen LogP contribution in [0.25, 0.3) is 10.1 Å². The summed E-state index contributed by atoms with van der Waals surface area (Å²) >= 11 is 1.10. The highest BCUT2D eigenvalue weighted by Crippen LogP contribution is 2.39. The molecular weight excluding hydrogens is 699 g/mol.